The van der Waals surface area contributed by atoms with Crippen LogP contribution in [0.4, 0.5) is 24.5 Å². The van der Waals surface area contributed by atoms with E-state index in [2.05, 4.69) is 15.4 Å². The monoisotopic (exact) mass is 519 g/mol. The van der Waals surface area contributed by atoms with Gasteiger partial charge < -0.3 is 25.2 Å². The highest BCUT2D eigenvalue weighted by atomic mass is 19.4. The highest BCUT2D eigenvalue weighted by Gasteiger charge is 2.55. The third-order valence-corrected chi connectivity index (χ3v) is 7.41. The van der Waals surface area contributed by atoms with Crippen molar-refractivity contribution in [3.8, 4) is 5.75 Å². The zero-order valence-electron chi connectivity index (χ0n) is 20.4. The smallest absolute Gasteiger partial charge is 0.417 e. The van der Waals surface area contributed by atoms with Crippen LogP contribution in [0.1, 0.15) is 42.6 Å². The van der Waals surface area contributed by atoms with Crippen molar-refractivity contribution in [2.24, 2.45) is 5.92 Å². The lowest BCUT2D eigenvalue weighted by Gasteiger charge is -2.41. The number of amides is 1. The highest BCUT2D eigenvalue weighted by Crippen LogP contribution is 2.45. The van der Waals surface area contributed by atoms with E-state index in [-0.39, 0.29) is 38.1 Å². The quantitative estimate of drug-likeness (QED) is 0.475. The number of hydrogen-bond donors (Lipinski definition) is 3. The van der Waals surface area contributed by atoms with Crippen LogP contribution in [0.15, 0.2) is 36.8 Å². The number of aliphatic hydroxyl groups excluding tert-OH is 1. The van der Waals surface area contributed by atoms with Crippen molar-refractivity contribution in [3.05, 3.63) is 47.9 Å². The van der Waals surface area contributed by atoms with E-state index in [0.717, 1.165) is 12.5 Å². The van der Waals surface area contributed by atoms with Gasteiger partial charge in [0, 0.05) is 43.5 Å². The Morgan fingerprint density at radius 1 is 1.30 bits per heavy atom. The molecule has 1 amide bonds. The van der Waals surface area contributed by atoms with Gasteiger partial charge in [-0.1, -0.05) is 0 Å². The first-order chi connectivity index (χ1) is 17.4. The summed E-state index contributed by atoms with van der Waals surface area (Å²) in [4.78, 5) is 19.4. The first-order valence-electron chi connectivity index (χ1n) is 12.0. The molecule has 0 saturated carbocycles. The lowest BCUT2D eigenvalue weighted by atomic mass is 9.81. The van der Waals surface area contributed by atoms with Crippen molar-refractivity contribution < 1.29 is 32.9 Å². The minimum Gasteiger partial charge on any atom is -0.484 e. The molecule has 1 saturated heterocycles. The first kappa shape index (κ1) is 25.3. The average Bonchev–Trinajstić information content (AvgIpc) is 3.43. The number of aromatic nitrogens is 3. The number of carbonyl (C=O) groups excluding carboxylic acids is 1. The van der Waals surface area contributed by atoms with Crippen molar-refractivity contribution >= 4 is 22.9 Å². The molecule has 2 unspecified atom stereocenters. The summed E-state index contributed by atoms with van der Waals surface area (Å²) in [6.45, 7) is 2.88. The molecule has 5 rings (SSSR count). The van der Waals surface area contributed by atoms with Crippen molar-refractivity contribution in [2.45, 2.75) is 50.5 Å². The van der Waals surface area contributed by atoms with Crippen molar-refractivity contribution in [1.82, 2.24) is 14.6 Å². The second-order valence-corrected chi connectivity index (χ2v) is 10.2. The predicted molar refractivity (Wildman–Crippen MR) is 129 cm³/mol. The number of alkyl halides is 3. The van der Waals surface area contributed by atoms with Crippen LogP contribution in [0.5, 0.6) is 5.75 Å². The fraction of sp³-hybridized carbons (Fsp3) is 0.480. The van der Waals surface area contributed by atoms with E-state index in [1.165, 1.54) is 10.7 Å². The maximum absolute atomic E-state index is 13.4. The number of aliphatic hydroxyl groups is 2. The van der Waals surface area contributed by atoms with Gasteiger partial charge in [-0.05, 0) is 44.7 Å². The number of benzene rings is 1. The van der Waals surface area contributed by atoms with Crippen LogP contribution in [0.25, 0.3) is 5.65 Å². The molecule has 0 radical (unpaired) electrons. The minimum absolute atomic E-state index is 0.115. The molecule has 9 nitrogen and oxygen atoms in total. The van der Waals surface area contributed by atoms with Crippen LogP contribution in [0.3, 0.4) is 0 Å². The fourth-order valence-electron chi connectivity index (χ4n) is 5.09. The van der Waals surface area contributed by atoms with Gasteiger partial charge in [0.15, 0.2) is 11.2 Å². The zero-order chi connectivity index (χ0) is 26.6. The Morgan fingerprint density at radius 3 is 2.70 bits per heavy atom. The Morgan fingerprint density at radius 2 is 2.03 bits per heavy atom. The van der Waals surface area contributed by atoms with Gasteiger partial charge >= 0.3 is 6.18 Å². The number of ether oxygens (including phenoxy) is 1. The number of piperidine rings is 1. The van der Waals surface area contributed by atoms with Crippen LogP contribution in [0, 0.1) is 5.92 Å². The van der Waals surface area contributed by atoms with E-state index in [9.17, 15) is 28.2 Å². The summed E-state index contributed by atoms with van der Waals surface area (Å²) in [5.74, 6) is -0.838. The SMILES string of the molecule is CC1(CO)Cc2cc(NC(=O)c3cnn4cccnc34)c(N3CCC(C(C)(O)C(F)(F)F)CC3)cc2O1. The number of anilines is 2. The van der Waals surface area contributed by atoms with Crippen LogP contribution >= 0.6 is 0 Å². The topological polar surface area (TPSA) is 112 Å². The van der Waals surface area contributed by atoms with Gasteiger partial charge in [-0.2, -0.15) is 18.3 Å². The lowest BCUT2D eigenvalue weighted by molar-refractivity contribution is -0.273. The molecule has 198 valence electrons. The molecule has 0 aliphatic carbocycles. The number of hydrogen-bond acceptors (Lipinski definition) is 7. The fourth-order valence-corrected chi connectivity index (χ4v) is 5.09. The zero-order valence-corrected chi connectivity index (χ0v) is 20.4. The van der Waals surface area contributed by atoms with Crippen LogP contribution in [-0.4, -0.2) is 67.8 Å². The van der Waals surface area contributed by atoms with Crippen LogP contribution in [-0.2, 0) is 6.42 Å². The van der Waals surface area contributed by atoms with Crippen LogP contribution < -0.4 is 15.0 Å². The molecule has 3 aromatic rings. The summed E-state index contributed by atoms with van der Waals surface area (Å²) < 4.78 is 47.6. The summed E-state index contributed by atoms with van der Waals surface area (Å²) in [5.41, 5.74) is -1.10. The van der Waals surface area contributed by atoms with Gasteiger partial charge in [0.2, 0.25) is 0 Å². The van der Waals surface area contributed by atoms with E-state index in [0.29, 0.717) is 29.2 Å². The second kappa shape index (κ2) is 8.88. The maximum Gasteiger partial charge on any atom is 0.417 e. The third kappa shape index (κ3) is 4.48. The lowest BCUT2D eigenvalue weighted by Crippen LogP contribution is -2.52. The number of nitrogens with one attached hydrogen (secondary N) is 1. The average molecular weight is 520 g/mol. The molecule has 2 aliphatic rings. The van der Waals surface area contributed by atoms with E-state index < -0.39 is 29.2 Å². The Bertz CT molecular complexity index is 1330. The third-order valence-electron chi connectivity index (χ3n) is 7.41. The first-order valence-corrected chi connectivity index (χ1v) is 12.0. The number of carbonyl (C=O) groups is 1. The summed E-state index contributed by atoms with van der Waals surface area (Å²) >= 11 is 0. The summed E-state index contributed by atoms with van der Waals surface area (Å²) in [5, 5.41) is 27.0. The minimum atomic E-state index is -4.72. The van der Waals surface area contributed by atoms with Gasteiger partial charge in [0.1, 0.15) is 16.9 Å². The summed E-state index contributed by atoms with van der Waals surface area (Å²) in [6, 6.07) is 5.22. The molecule has 4 heterocycles. The molecule has 2 aromatic heterocycles. The Kier molecular flexibility index (Phi) is 6.06. The van der Waals surface area contributed by atoms with E-state index >= 15 is 0 Å². The molecule has 0 bridgehead atoms. The van der Waals surface area contributed by atoms with Crippen LogP contribution in [0.2, 0.25) is 0 Å². The molecule has 2 atom stereocenters. The van der Waals surface area contributed by atoms with Gasteiger partial charge in [-0.3, -0.25) is 4.79 Å². The molecule has 2 aliphatic heterocycles. The molecular weight excluding hydrogens is 491 g/mol. The number of fused-ring (bicyclic) bond motifs is 2. The van der Waals surface area contributed by atoms with Crippen molar-refractivity contribution in [1.29, 1.82) is 0 Å². The van der Waals surface area contributed by atoms with Crippen molar-refractivity contribution in [3.63, 3.8) is 0 Å². The number of nitrogens with zero attached hydrogens (tertiary/aromatic N) is 4. The van der Waals surface area contributed by atoms with E-state index in [1.54, 1.807) is 37.5 Å². The van der Waals surface area contributed by atoms with Gasteiger partial charge in [-0.25, -0.2) is 9.50 Å². The van der Waals surface area contributed by atoms with E-state index in [4.69, 9.17) is 4.74 Å². The molecule has 3 N–H and O–H groups in total. The molecule has 12 heteroatoms. The molecule has 1 aromatic carbocycles. The second-order valence-electron chi connectivity index (χ2n) is 10.2. The normalized spacial score (nSPS) is 22.0. The number of rotatable bonds is 5. The summed E-state index contributed by atoms with van der Waals surface area (Å²) in [6.07, 6.45) is 0.582. The predicted octanol–water partition coefficient (Wildman–Crippen LogP) is 3.20. The van der Waals surface area contributed by atoms with Crippen molar-refractivity contribution in [2.75, 3.05) is 29.9 Å². The molecule has 0 spiro atoms. The van der Waals surface area contributed by atoms with E-state index in [1.807, 2.05) is 4.90 Å². The molecule has 37 heavy (non-hydrogen) atoms. The van der Waals surface area contributed by atoms with Gasteiger partial charge in [0.25, 0.3) is 5.91 Å². The summed E-state index contributed by atoms with van der Waals surface area (Å²) in [7, 11) is 0. The molecule has 1 fully saturated rings. The largest absolute Gasteiger partial charge is 0.484 e. The molecular formula is C25H28F3N5O4. The maximum atomic E-state index is 13.4. The Hall–Kier alpha value is -3.38. The Balaban J connectivity index is 1.45. The number of halogens is 3. The standard InChI is InChI=1S/C25H28F3N5O4/c1-23(14-34)12-15-10-18(31-22(35)17-13-30-33-7-3-6-29-21(17)33)19(11-20(15)37-23)32-8-4-16(5-9-32)24(2,36)25(26,27)28/h3,6-7,10-11,13,16,34,36H,4-5,8-9,12,14H2,1-2H3,(H,31,35). The highest BCUT2D eigenvalue weighted by molar-refractivity contribution is 6.09. The Labute approximate surface area is 210 Å². The van der Waals surface area contributed by atoms with Gasteiger partial charge in [0.05, 0.1) is 24.2 Å². The van der Waals surface area contributed by atoms with Gasteiger partial charge in [-0.15, -0.1) is 0 Å².